The van der Waals surface area contributed by atoms with E-state index in [1.165, 1.54) is 0 Å². The molecule has 13 heavy (non-hydrogen) atoms. The molecule has 0 spiro atoms. The summed E-state index contributed by atoms with van der Waals surface area (Å²) in [4.78, 5) is 9.07. The molecule has 0 bridgehead atoms. The van der Waals surface area contributed by atoms with Crippen LogP contribution in [0.4, 0.5) is 0 Å². The molecule has 0 aliphatic heterocycles. The summed E-state index contributed by atoms with van der Waals surface area (Å²) in [5.74, 6) is 0.318. The molecule has 1 aromatic carbocycles. The fourth-order valence-electron chi connectivity index (χ4n) is 0.703. The summed E-state index contributed by atoms with van der Waals surface area (Å²) in [5.41, 5.74) is 0. The van der Waals surface area contributed by atoms with Gasteiger partial charge in [0, 0.05) is 0 Å². The monoisotopic (exact) mass is 314 g/mol. The van der Waals surface area contributed by atoms with Gasteiger partial charge in [-0.05, 0) is 12.1 Å². The molecule has 1 N–H and O–H groups in total. The van der Waals surface area contributed by atoms with Gasteiger partial charge in [-0.25, -0.2) is 4.57 Å². The topological polar surface area (TPSA) is 55.8 Å². The lowest BCUT2D eigenvalue weighted by atomic mass is 10.3. The van der Waals surface area contributed by atoms with Gasteiger partial charge >= 0.3 is 7.82 Å². The van der Waals surface area contributed by atoms with E-state index >= 15 is 0 Å². The first-order valence-electron chi connectivity index (χ1n) is 3.42. The van der Waals surface area contributed by atoms with E-state index in [2.05, 4.69) is 4.52 Å². The Bertz CT molecular complexity index is 303. The van der Waals surface area contributed by atoms with Crippen LogP contribution in [0, 0.1) is 0 Å². The molecule has 0 aliphatic carbocycles. The summed E-state index contributed by atoms with van der Waals surface area (Å²) in [5, 5.41) is 0. The number of rotatable bonds is 4. The normalized spacial score (nSPS) is 14.9. The van der Waals surface area contributed by atoms with Crippen molar-refractivity contribution in [2.45, 2.75) is 0 Å². The fraction of sp³-hybridized carbons (Fsp3) is 0.143. The highest BCUT2D eigenvalue weighted by Gasteiger charge is 2.21. The van der Waals surface area contributed by atoms with Crippen molar-refractivity contribution in [1.29, 1.82) is 0 Å². The Hall–Kier alpha value is -0.100. The van der Waals surface area contributed by atoms with Gasteiger partial charge in [0.1, 0.15) is 10.4 Å². The first-order chi connectivity index (χ1) is 6.14. The first kappa shape index (κ1) is 11.0. The van der Waals surface area contributed by atoms with Crippen molar-refractivity contribution in [3.63, 3.8) is 0 Å². The van der Waals surface area contributed by atoms with Crippen molar-refractivity contribution in [1.82, 2.24) is 0 Å². The maximum absolute atomic E-state index is 11.1. The molecule has 0 fully saturated rings. The van der Waals surface area contributed by atoms with Crippen LogP contribution in [0.1, 0.15) is 0 Å². The van der Waals surface area contributed by atoms with Crippen LogP contribution in [0.15, 0.2) is 30.3 Å². The van der Waals surface area contributed by atoms with Gasteiger partial charge in [-0.15, -0.1) is 0 Å². The highest BCUT2D eigenvalue weighted by Crippen LogP contribution is 2.43. The lowest BCUT2D eigenvalue weighted by Gasteiger charge is -2.10. The number of benzene rings is 1. The van der Waals surface area contributed by atoms with E-state index < -0.39 is 7.82 Å². The molecular weight excluding hydrogens is 306 g/mol. The van der Waals surface area contributed by atoms with Crippen LogP contribution < -0.4 is 4.52 Å². The fourth-order valence-corrected chi connectivity index (χ4v) is 2.32. The van der Waals surface area contributed by atoms with Crippen LogP contribution in [0.2, 0.25) is 0 Å². The summed E-state index contributed by atoms with van der Waals surface area (Å²) in [6.07, 6.45) is 0. The maximum Gasteiger partial charge on any atom is 0.528 e. The van der Waals surface area contributed by atoms with Crippen molar-refractivity contribution in [2.75, 3.05) is 4.61 Å². The van der Waals surface area contributed by atoms with Gasteiger partial charge < -0.3 is 4.52 Å². The Kier molecular flexibility index (Phi) is 4.18. The summed E-state index contributed by atoms with van der Waals surface area (Å²) in [6, 6.07) is 8.37. The highest BCUT2D eigenvalue weighted by molar-refractivity contribution is 14.1. The Morgan fingerprint density at radius 2 is 2.00 bits per heavy atom. The minimum atomic E-state index is -3.92. The van der Waals surface area contributed by atoms with E-state index in [-0.39, 0.29) is 4.61 Å². The van der Waals surface area contributed by atoms with E-state index in [4.69, 9.17) is 9.42 Å². The van der Waals surface area contributed by atoms with Crippen molar-refractivity contribution in [3.05, 3.63) is 30.3 Å². The van der Waals surface area contributed by atoms with E-state index in [1.807, 2.05) is 22.6 Å². The van der Waals surface area contributed by atoms with Crippen LogP contribution in [-0.4, -0.2) is 9.51 Å². The average Bonchev–Trinajstić information content (AvgIpc) is 2.04. The third-order valence-electron chi connectivity index (χ3n) is 1.18. The molecule has 72 valence electrons. The van der Waals surface area contributed by atoms with Crippen LogP contribution in [0.25, 0.3) is 0 Å². The number of phosphoric acid groups is 1. The quantitative estimate of drug-likeness (QED) is 0.527. The molecular formula is C7H8IO4P. The van der Waals surface area contributed by atoms with Crippen LogP contribution in [0.5, 0.6) is 5.75 Å². The van der Waals surface area contributed by atoms with E-state index in [0.717, 1.165) is 0 Å². The molecule has 0 radical (unpaired) electrons. The van der Waals surface area contributed by atoms with Crippen molar-refractivity contribution >= 4 is 30.4 Å². The third-order valence-corrected chi connectivity index (χ3v) is 2.88. The van der Waals surface area contributed by atoms with E-state index in [9.17, 15) is 4.57 Å². The Labute approximate surface area is 89.6 Å². The van der Waals surface area contributed by atoms with Gasteiger partial charge in [-0.2, -0.15) is 0 Å². The second-order valence-corrected chi connectivity index (χ2v) is 4.11. The minimum Gasteiger partial charge on any atom is -0.404 e. The zero-order valence-corrected chi connectivity index (χ0v) is 9.64. The average molecular weight is 314 g/mol. The minimum absolute atomic E-state index is 0.109. The van der Waals surface area contributed by atoms with Gasteiger partial charge in [-0.3, -0.25) is 9.42 Å². The molecule has 0 aliphatic rings. The zero-order valence-electron chi connectivity index (χ0n) is 6.59. The maximum atomic E-state index is 11.1. The number of phosphoric ester groups is 1. The summed E-state index contributed by atoms with van der Waals surface area (Å²) >= 11 is 1.82. The zero-order chi connectivity index (χ0) is 9.73. The molecule has 1 aromatic rings. The molecule has 1 unspecified atom stereocenters. The van der Waals surface area contributed by atoms with Gasteiger partial charge in [-0.1, -0.05) is 40.8 Å². The smallest absolute Gasteiger partial charge is 0.404 e. The lowest BCUT2D eigenvalue weighted by Crippen LogP contribution is -1.95. The van der Waals surface area contributed by atoms with Crippen LogP contribution in [0.3, 0.4) is 0 Å². The van der Waals surface area contributed by atoms with Crippen molar-refractivity contribution in [2.24, 2.45) is 0 Å². The second-order valence-electron chi connectivity index (χ2n) is 2.11. The molecule has 0 amide bonds. The van der Waals surface area contributed by atoms with Gasteiger partial charge in [0.2, 0.25) is 0 Å². The van der Waals surface area contributed by atoms with Gasteiger partial charge in [0.05, 0.1) is 0 Å². The predicted molar refractivity (Wildman–Crippen MR) is 56.9 cm³/mol. The Morgan fingerprint density at radius 1 is 1.38 bits per heavy atom. The highest BCUT2D eigenvalue weighted by atomic mass is 127. The standard InChI is InChI=1S/C7H8IO4P/c8-6-11-13(9,10)12-7-4-2-1-3-5-7/h1-5H,6H2,(H,9,10). The lowest BCUT2D eigenvalue weighted by molar-refractivity contribution is 0.239. The Morgan fingerprint density at radius 3 is 2.54 bits per heavy atom. The Balaban J connectivity index is 2.64. The van der Waals surface area contributed by atoms with Crippen molar-refractivity contribution < 1.29 is 18.5 Å². The van der Waals surface area contributed by atoms with Gasteiger partial charge in [0.25, 0.3) is 0 Å². The largest absolute Gasteiger partial charge is 0.528 e. The number of hydrogen-bond acceptors (Lipinski definition) is 3. The molecule has 0 saturated heterocycles. The van der Waals surface area contributed by atoms with Crippen LogP contribution in [-0.2, 0) is 9.09 Å². The molecule has 0 aromatic heterocycles. The van der Waals surface area contributed by atoms with Crippen molar-refractivity contribution in [3.8, 4) is 5.75 Å². The molecule has 6 heteroatoms. The van der Waals surface area contributed by atoms with Crippen LogP contribution >= 0.6 is 30.4 Å². The van der Waals surface area contributed by atoms with Gasteiger partial charge in [0.15, 0.2) is 0 Å². The molecule has 0 saturated carbocycles. The number of para-hydroxylation sites is 1. The molecule has 1 rings (SSSR count). The summed E-state index contributed by atoms with van der Waals surface area (Å²) in [6.45, 7) is 0. The van der Waals surface area contributed by atoms with E-state index in [1.54, 1.807) is 30.3 Å². The number of halogens is 1. The molecule has 1 atom stereocenters. The SMILES string of the molecule is O=P(O)(OCI)Oc1ccccc1. The summed E-state index contributed by atoms with van der Waals surface area (Å²) in [7, 11) is -3.92. The second kappa shape index (κ2) is 4.95. The number of hydrogen-bond donors (Lipinski definition) is 1. The number of alkyl halides is 1. The predicted octanol–water partition coefficient (Wildman–Crippen LogP) is 2.57. The summed E-state index contributed by atoms with van der Waals surface area (Å²) < 4.78 is 20.4. The first-order valence-corrected chi connectivity index (χ1v) is 6.44. The molecule has 0 heterocycles. The van der Waals surface area contributed by atoms with E-state index in [0.29, 0.717) is 5.75 Å². The third kappa shape index (κ3) is 4.08. The molecule has 4 nitrogen and oxygen atoms in total.